The van der Waals surface area contributed by atoms with Crippen molar-refractivity contribution in [3.8, 4) is 0 Å². The van der Waals surface area contributed by atoms with Crippen LogP contribution >= 0.6 is 11.8 Å². The number of hydrogen-bond donors (Lipinski definition) is 0. The lowest BCUT2D eigenvalue weighted by atomic mass is 10.2. The van der Waals surface area contributed by atoms with Gasteiger partial charge in [0.1, 0.15) is 0 Å². The number of carbonyl (C=O) groups excluding carboxylic acids is 1. The van der Waals surface area contributed by atoms with E-state index in [4.69, 9.17) is 0 Å². The van der Waals surface area contributed by atoms with Gasteiger partial charge in [0.05, 0.1) is 9.80 Å². The third kappa shape index (κ3) is 4.31. The van der Waals surface area contributed by atoms with Crippen molar-refractivity contribution in [2.24, 2.45) is 4.40 Å². The summed E-state index contributed by atoms with van der Waals surface area (Å²) >= 11 is 1.08. The van der Waals surface area contributed by atoms with Crippen molar-refractivity contribution in [1.82, 2.24) is 4.90 Å². The summed E-state index contributed by atoms with van der Waals surface area (Å²) in [5, 5.41) is 0.184. The van der Waals surface area contributed by atoms with Gasteiger partial charge in [0.2, 0.25) is 0 Å². The first-order valence-electron chi connectivity index (χ1n) is 8.65. The van der Waals surface area contributed by atoms with Crippen molar-refractivity contribution in [3.05, 3.63) is 70.6 Å². The Morgan fingerprint density at radius 3 is 2.30 bits per heavy atom. The molecule has 1 amide bonds. The molecule has 1 aliphatic rings. The molecular formula is C20H20N2O3S2. The van der Waals surface area contributed by atoms with E-state index in [1.54, 1.807) is 37.3 Å². The van der Waals surface area contributed by atoms with Crippen molar-refractivity contribution in [3.63, 3.8) is 0 Å². The first-order valence-corrected chi connectivity index (χ1v) is 10.9. The average molecular weight is 401 g/mol. The number of hydrogen-bond acceptors (Lipinski definition) is 4. The molecule has 2 aromatic carbocycles. The van der Waals surface area contributed by atoms with Crippen LogP contribution in [0.15, 0.2) is 68.8 Å². The first-order chi connectivity index (χ1) is 12.9. The van der Waals surface area contributed by atoms with Gasteiger partial charge in [-0.25, -0.2) is 0 Å². The summed E-state index contributed by atoms with van der Waals surface area (Å²) in [5.41, 5.74) is 1.93. The minimum Gasteiger partial charge on any atom is -0.286 e. The van der Waals surface area contributed by atoms with Gasteiger partial charge in [0.15, 0.2) is 5.17 Å². The number of thioether (sulfide) groups is 1. The van der Waals surface area contributed by atoms with Gasteiger partial charge >= 0.3 is 0 Å². The number of benzene rings is 2. The highest BCUT2D eigenvalue weighted by molar-refractivity contribution is 8.19. The second-order valence-electron chi connectivity index (χ2n) is 5.92. The van der Waals surface area contributed by atoms with Crippen LogP contribution in [0.3, 0.4) is 0 Å². The molecule has 27 heavy (non-hydrogen) atoms. The maximum absolute atomic E-state index is 12.7. The molecule has 0 aromatic heterocycles. The molecule has 0 atom stereocenters. The third-order valence-electron chi connectivity index (χ3n) is 4.13. The lowest BCUT2D eigenvalue weighted by molar-refractivity contribution is -0.122. The number of amides is 1. The fourth-order valence-corrected chi connectivity index (χ4v) is 4.85. The highest BCUT2D eigenvalue weighted by Crippen LogP contribution is 2.33. The molecule has 0 radical (unpaired) electrons. The van der Waals surface area contributed by atoms with Gasteiger partial charge < -0.3 is 0 Å². The Morgan fingerprint density at radius 1 is 1.04 bits per heavy atom. The summed E-state index contributed by atoms with van der Waals surface area (Å²) in [4.78, 5) is 14.6. The van der Waals surface area contributed by atoms with Gasteiger partial charge in [-0.2, -0.15) is 8.42 Å². The summed E-state index contributed by atoms with van der Waals surface area (Å²) in [7, 11) is -3.89. The molecule has 3 rings (SSSR count). The second-order valence-corrected chi connectivity index (χ2v) is 8.53. The zero-order valence-corrected chi connectivity index (χ0v) is 16.8. The van der Waals surface area contributed by atoms with Crippen LogP contribution in [-0.4, -0.2) is 30.9 Å². The SMILES string of the molecule is CCc1ccc(S(=O)(=O)/N=C2\S/C(=C\c3ccccc3)C(=O)N2CC)cc1. The van der Waals surface area contributed by atoms with E-state index in [-0.39, 0.29) is 16.0 Å². The van der Waals surface area contributed by atoms with Crippen molar-refractivity contribution in [1.29, 1.82) is 0 Å². The van der Waals surface area contributed by atoms with Crippen LogP contribution in [0.1, 0.15) is 25.0 Å². The Hall–Kier alpha value is -2.38. The molecule has 0 bridgehead atoms. The van der Waals surface area contributed by atoms with Crippen LogP contribution in [0.4, 0.5) is 0 Å². The maximum Gasteiger partial charge on any atom is 0.284 e. The van der Waals surface area contributed by atoms with E-state index in [0.717, 1.165) is 29.3 Å². The molecule has 0 spiro atoms. The second kappa shape index (κ2) is 8.10. The highest BCUT2D eigenvalue weighted by Gasteiger charge is 2.33. The largest absolute Gasteiger partial charge is 0.286 e. The van der Waals surface area contributed by atoms with E-state index in [0.29, 0.717) is 11.4 Å². The average Bonchev–Trinajstić information content (AvgIpc) is 2.96. The minimum absolute atomic E-state index is 0.122. The van der Waals surface area contributed by atoms with Gasteiger partial charge in [-0.05, 0) is 54.4 Å². The molecule has 2 aromatic rings. The van der Waals surface area contributed by atoms with Crippen molar-refractivity contribution in [2.75, 3.05) is 6.54 Å². The normalized spacial score (nSPS) is 17.9. The van der Waals surface area contributed by atoms with Gasteiger partial charge in [0, 0.05) is 6.54 Å². The molecule has 1 aliphatic heterocycles. The molecular weight excluding hydrogens is 380 g/mol. The molecule has 0 saturated carbocycles. The van der Waals surface area contributed by atoms with E-state index in [2.05, 4.69) is 4.40 Å². The molecule has 0 unspecified atom stereocenters. The smallest absolute Gasteiger partial charge is 0.284 e. The van der Waals surface area contributed by atoms with Gasteiger partial charge in [-0.1, -0.05) is 49.4 Å². The van der Waals surface area contributed by atoms with Gasteiger partial charge in [-0.15, -0.1) is 4.40 Å². The Labute approximate surface area is 163 Å². The summed E-state index contributed by atoms with van der Waals surface area (Å²) in [5.74, 6) is -0.235. The molecule has 0 aliphatic carbocycles. The van der Waals surface area contributed by atoms with E-state index in [9.17, 15) is 13.2 Å². The summed E-state index contributed by atoms with van der Waals surface area (Å²) in [6.07, 6.45) is 2.58. The molecule has 1 heterocycles. The van der Waals surface area contributed by atoms with E-state index >= 15 is 0 Å². The van der Waals surface area contributed by atoms with E-state index < -0.39 is 10.0 Å². The van der Waals surface area contributed by atoms with Crippen molar-refractivity contribution < 1.29 is 13.2 Å². The predicted molar refractivity (Wildman–Crippen MR) is 110 cm³/mol. The van der Waals surface area contributed by atoms with Crippen LogP contribution in [0.5, 0.6) is 0 Å². The minimum atomic E-state index is -3.89. The summed E-state index contributed by atoms with van der Waals surface area (Å²) in [6, 6.07) is 16.1. The number of sulfonamides is 1. The number of rotatable bonds is 5. The topological polar surface area (TPSA) is 66.8 Å². The molecule has 5 nitrogen and oxygen atoms in total. The van der Waals surface area contributed by atoms with Crippen LogP contribution in [0.2, 0.25) is 0 Å². The summed E-state index contributed by atoms with van der Waals surface area (Å²) in [6.45, 7) is 4.15. The van der Waals surface area contributed by atoms with Crippen molar-refractivity contribution in [2.45, 2.75) is 25.2 Å². The van der Waals surface area contributed by atoms with Gasteiger partial charge in [-0.3, -0.25) is 9.69 Å². The number of amidine groups is 1. The number of carbonyl (C=O) groups is 1. The third-order valence-corrected chi connectivity index (χ3v) is 6.53. The fourth-order valence-electron chi connectivity index (χ4n) is 2.61. The zero-order valence-electron chi connectivity index (χ0n) is 15.1. The fraction of sp³-hybridized carbons (Fsp3) is 0.200. The lowest BCUT2D eigenvalue weighted by Crippen LogP contribution is -2.29. The number of nitrogens with zero attached hydrogens (tertiary/aromatic N) is 2. The van der Waals surface area contributed by atoms with E-state index in [1.165, 1.54) is 4.90 Å². The molecule has 140 valence electrons. The standard InChI is InChI=1S/C20H20N2O3S2/c1-3-15-10-12-17(13-11-15)27(24,25)21-20-22(4-2)19(23)18(26-20)14-16-8-6-5-7-9-16/h5-14H,3-4H2,1-2H3/b18-14-,21-20-. The highest BCUT2D eigenvalue weighted by atomic mass is 32.2. The maximum atomic E-state index is 12.7. The molecule has 0 N–H and O–H groups in total. The van der Waals surface area contributed by atoms with Gasteiger partial charge in [0.25, 0.3) is 15.9 Å². The Kier molecular flexibility index (Phi) is 5.82. The molecule has 1 fully saturated rings. The number of aryl methyl sites for hydroxylation is 1. The van der Waals surface area contributed by atoms with Crippen LogP contribution in [-0.2, 0) is 21.2 Å². The molecule has 7 heteroatoms. The van der Waals surface area contributed by atoms with Crippen molar-refractivity contribution >= 4 is 38.9 Å². The lowest BCUT2D eigenvalue weighted by Gasteiger charge is -2.12. The van der Waals surface area contributed by atoms with Crippen LogP contribution in [0, 0.1) is 0 Å². The van der Waals surface area contributed by atoms with Crippen LogP contribution in [0.25, 0.3) is 6.08 Å². The number of likely N-dealkylation sites (N-methyl/N-ethyl adjacent to an activating group) is 1. The summed E-state index contributed by atoms with van der Waals surface area (Å²) < 4.78 is 29.3. The Balaban J connectivity index is 1.94. The Bertz CT molecular complexity index is 995. The molecule has 1 saturated heterocycles. The zero-order chi connectivity index (χ0) is 19.4. The first kappa shape index (κ1) is 19.4. The monoisotopic (exact) mass is 400 g/mol. The quantitative estimate of drug-likeness (QED) is 0.713. The van der Waals surface area contributed by atoms with E-state index in [1.807, 2.05) is 37.3 Å². The Morgan fingerprint density at radius 2 is 1.70 bits per heavy atom. The predicted octanol–water partition coefficient (Wildman–Crippen LogP) is 3.93. The van der Waals surface area contributed by atoms with Crippen LogP contribution < -0.4 is 0 Å².